The number of aryl methyl sites for hydroxylation is 1. The summed E-state index contributed by atoms with van der Waals surface area (Å²) in [6.07, 6.45) is 0. The second-order valence-electron chi connectivity index (χ2n) is 3.58. The first kappa shape index (κ1) is 9.71. The first-order valence-electron chi connectivity index (χ1n) is 4.67. The summed E-state index contributed by atoms with van der Waals surface area (Å²) in [5.41, 5.74) is 1.86. The number of nitrogens with zero attached hydrogens (tertiary/aromatic N) is 2. The standard InChI is InChI=1S/C11H12N2O2/c1-7-12-10-8(11(14)13(2)3)5-4-6-9(10)15-7/h4-6H,1-3H3. The van der Waals surface area contributed by atoms with E-state index in [1.165, 1.54) is 4.90 Å². The molecule has 2 aromatic rings. The lowest BCUT2D eigenvalue weighted by atomic mass is 10.1. The van der Waals surface area contributed by atoms with E-state index in [1.54, 1.807) is 33.2 Å². The van der Waals surface area contributed by atoms with Crippen LogP contribution < -0.4 is 0 Å². The maximum absolute atomic E-state index is 11.8. The van der Waals surface area contributed by atoms with Crippen LogP contribution in [-0.4, -0.2) is 29.9 Å². The van der Waals surface area contributed by atoms with Crippen LogP contribution in [0.2, 0.25) is 0 Å². The molecule has 0 aliphatic carbocycles. The minimum absolute atomic E-state index is 0.0612. The van der Waals surface area contributed by atoms with E-state index in [-0.39, 0.29) is 5.91 Å². The molecular formula is C11H12N2O2. The van der Waals surface area contributed by atoms with Gasteiger partial charge in [0.2, 0.25) is 0 Å². The summed E-state index contributed by atoms with van der Waals surface area (Å²) >= 11 is 0. The lowest BCUT2D eigenvalue weighted by Crippen LogP contribution is -2.21. The van der Waals surface area contributed by atoms with Gasteiger partial charge in [0.25, 0.3) is 5.91 Å². The molecule has 0 saturated heterocycles. The van der Waals surface area contributed by atoms with E-state index in [9.17, 15) is 4.79 Å². The Bertz CT molecular complexity index is 514. The number of carbonyl (C=O) groups excluding carboxylic acids is 1. The van der Waals surface area contributed by atoms with Crippen LogP contribution in [0.5, 0.6) is 0 Å². The van der Waals surface area contributed by atoms with Crippen molar-refractivity contribution in [3.05, 3.63) is 29.7 Å². The van der Waals surface area contributed by atoms with Gasteiger partial charge >= 0.3 is 0 Å². The Labute approximate surface area is 87.5 Å². The van der Waals surface area contributed by atoms with Gasteiger partial charge in [-0.25, -0.2) is 4.98 Å². The highest BCUT2D eigenvalue weighted by Crippen LogP contribution is 2.19. The third kappa shape index (κ3) is 1.58. The smallest absolute Gasteiger partial charge is 0.255 e. The summed E-state index contributed by atoms with van der Waals surface area (Å²) in [6.45, 7) is 1.77. The molecule has 0 spiro atoms. The van der Waals surface area contributed by atoms with E-state index in [1.807, 2.05) is 6.07 Å². The number of oxazole rings is 1. The molecule has 0 radical (unpaired) electrons. The average molecular weight is 204 g/mol. The van der Waals surface area contributed by atoms with Gasteiger partial charge in [-0.1, -0.05) is 6.07 Å². The van der Waals surface area contributed by atoms with Crippen molar-refractivity contribution in [2.24, 2.45) is 0 Å². The van der Waals surface area contributed by atoms with Crippen molar-refractivity contribution in [2.45, 2.75) is 6.92 Å². The van der Waals surface area contributed by atoms with Gasteiger partial charge in [0, 0.05) is 21.0 Å². The molecule has 0 aliphatic rings. The molecule has 0 saturated carbocycles. The maximum Gasteiger partial charge on any atom is 0.255 e. The maximum atomic E-state index is 11.8. The van der Waals surface area contributed by atoms with E-state index >= 15 is 0 Å². The van der Waals surface area contributed by atoms with Crippen LogP contribution in [0, 0.1) is 6.92 Å². The highest BCUT2D eigenvalue weighted by atomic mass is 16.3. The van der Waals surface area contributed by atoms with Crippen LogP contribution >= 0.6 is 0 Å². The molecule has 0 unspecified atom stereocenters. The fourth-order valence-corrected chi connectivity index (χ4v) is 1.47. The van der Waals surface area contributed by atoms with Crippen molar-refractivity contribution in [1.29, 1.82) is 0 Å². The Morgan fingerprint density at radius 3 is 2.80 bits per heavy atom. The third-order valence-electron chi connectivity index (χ3n) is 2.16. The second kappa shape index (κ2) is 3.38. The number of hydrogen-bond acceptors (Lipinski definition) is 3. The molecule has 1 aromatic heterocycles. The lowest BCUT2D eigenvalue weighted by Gasteiger charge is -2.09. The highest BCUT2D eigenvalue weighted by molar-refractivity contribution is 6.04. The molecular weight excluding hydrogens is 192 g/mol. The molecule has 0 aliphatic heterocycles. The van der Waals surface area contributed by atoms with E-state index < -0.39 is 0 Å². The monoisotopic (exact) mass is 204 g/mol. The van der Waals surface area contributed by atoms with E-state index in [2.05, 4.69) is 4.98 Å². The van der Waals surface area contributed by atoms with Gasteiger partial charge in [0.15, 0.2) is 11.5 Å². The van der Waals surface area contributed by atoms with Gasteiger partial charge in [-0.05, 0) is 12.1 Å². The molecule has 0 N–H and O–H groups in total. The molecule has 15 heavy (non-hydrogen) atoms. The zero-order valence-electron chi connectivity index (χ0n) is 8.94. The zero-order valence-corrected chi connectivity index (χ0v) is 8.94. The van der Waals surface area contributed by atoms with Crippen LogP contribution in [0.15, 0.2) is 22.6 Å². The molecule has 78 valence electrons. The fraction of sp³-hybridized carbons (Fsp3) is 0.273. The van der Waals surface area contributed by atoms with Gasteiger partial charge < -0.3 is 9.32 Å². The van der Waals surface area contributed by atoms with Crippen molar-refractivity contribution in [3.8, 4) is 0 Å². The number of amides is 1. The predicted molar refractivity (Wildman–Crippen MR) is 56.8 cm³/mol. The molecule has 1 amide bonds. The van der Waals surface area contributed by atoms with Crippen molar-refractivity contribution < 1.29 is 9.21 Å². The van der Waals surface area contributed by atoms with E-state index in [0.717, 1.165) is 0 Å². The molecule has 0 atom stereocenters. The van der Waals surface area contributed by atoms with Crippen LogP contribution in [0.3, 0.4) is 0 Å². The molecule has 2 rings (SSSR count). The Morgan fingerprint density at radius 1 is 1.40 bits per heavy atom. The van der Waals surface area contributed by atoms with Gasteiger partial charge in [-0.2, -0.15) is 0 Å². The average Bonchev–Trinajstić information content (AvgIpc) is 2.56. The Hall–Kier alpha value is -1.84. The van der Waals surface area contributed by atoms with Gasteiger partial charge in [-0.15, -0.1) is 0 Å². The van der Waals surface area contributed by atoms with Crippen LogP contribution in [0.1, 0.15) is 16.2 Å². The Kier molecular flexibility index (Phi) is 2.19. The SMILES string of the molecule is Cc1nc2c(C(=O)N(C)C)cccc2o1. The fourth-order valence-electron chi connectivity index (χ4n) is 1.47. The van der Waals surface area contributed by atoms with Crippen molar-refractivity contribution >= 4 is 17.0 Å². The topological polar surface area (TPSA) is 46.3 Å². The number of rotatable bonds is 1. The first-order valence-corrected chi connectivity index (χ1v) is 4.67. The molecule has 1 aromatic carbocycles. The highest BCUT2D eigenvalue weighted by Gasteiger charge is 2.15. The van der Waals surface area contributed by atoms with Crippen LogP contribution in [0.4, 0.5) is 0 Å². The normalized spacial score (nSPS) is 10.6. The Morgan fingerprint density at radius 2 is 2.13 bits per heavy atom. The first-order chi connectivity index (χ1) is 7.09. The molecule has 1 heterocycles. The second-order valence-corrected chi connectivity index (χ2v) is 3.58. The number of hydrogen-bond donors (Lipinski definition) is 0. The summed E-state index contributed by atoms with van der Waals surface area (Å²) in [5, 5.41) is 0. The minimum atomic E-state index is -0.0612. The van der Waals surface area contributed by atoms with Crippen molar-refractivity contribution in [3.63, 3.8) is 0 Å². The van der Waals surface area contributed by atoms with Crippen molar-refractivity contribution in [2.75, 3.05) is 14.1 Å². The van der Waals surface area contributed by atoms with Crippen LogP contribution in [0.25, 0.3) is 11.1 Å². The number of aromatic nitrogens is 1. The predicted octanol–water partition coefficient (Wildman–Crippen LogP) is 1.84. The number of para-hydroxylation sites is 1. The van der Waals surface area contributed by atoms with Gasteiger partial charge in [0.1, 0.15) is 5.52 Å². The largest absolute Gasteiger partial charge is 0.441 e. The number of carbonyl (C=O) groups is 1. The summed E-state index contributed by atoms with van der Waals surface area (Å²) < 4.78 is 5.36. The molecule has 0 bridgehead atoms. The lowest BCUT2D eigenvalue weighted by molar-refractivity contribution is 0.0829. The third-order valence-corrected chi connectivity index (χ3v) is 2.16. The van der Waals surface area contributed by atoms with Gasteiger partial charge in [-0.3, -0.25) is 4.79 Å². The summed E-state index contributed by atoms with van der Waals surface area (Å²) in [4.78, 5) is 17.5. The minimum Gasteiger partial charge on any atom is -0.441 e. The zero-order chi connectivity index (χ0) is 11.0. The van der Waals surface area contributed by atoms with E-state index in [4.69, 9.17) is 4.42 Å². The molecule has 0 fully saturated rings. The summed E-state index contributed by atoms with van der Waals surface area (Å²) in [7, 11) is 3.43. The molecule has 4 nitrogen and oxygen atoms in total. The number of fused-ring (bicyclic) bond motifs is 1. The molecule has 4 heteroatoms. The van der Waals surface area contributed by atoms with Crippen LogP contribution in [-0.2, 0) is 0 Å². The number of benzene rings is 1. The Balaban J connectivity index is 2.65. The van der Waals surface area contributed by atoms with Crippen molar-refractivity contribution in [1.82, 2.24) is 9.88 Å². The van der Waals surface area contributed by atoms with Gasteiger partial charge in [0.05, 0.1) is 5.56 Å². The van der Waals surface area contributed by atoms with E-state index in [0.29, 0.717) is 22.6 Å². The summed E-state index contributed by atoms with van der Waals surface area (Å²) in [6, 6.07) is 5.36. The summed E-state index contributed by atoms with van der Waals surface area (Å²) in [5.74, 6) is 0.512. The quantitative estimate of drug-likeness (QED) is 0.712.